The summed E-state index contributed by atoms with van der Waals surface area (Å²) in [5, 5.41) is 10.3. The molecule has 1 unspecified atom stereocenters. The fraction of sp³-hybridized carbons (Fsp3) is 0.545. The maximum Gasteiger partial charge on any atom is 0.129 e. The smallest absolute Gasteiger partial charge is 0.129 e. The minimum atomic E-state index is -0.988. The molecule has 1 atom stereocenters. The number of nitrogen functional groups attached to an aromatic ring is 1. The second-order valence-electron chi connectivity index (χ2n) is 3.90. The quantitative estimate of drug-likeness (QED) is 0.784. The van der Waals surface area contributed by atoms with Crippen molar-refractivity contribution in [2.75, 3.05) is 19.5 Å². The molecule has 0 spiro atoms. The first kappa shape index (κ1) is 11.9. The summed E-state index contributed by atoms with van der Waals surface area (Å²) in [5.74, 6) is 0.385. The predicted octanol–water partition coefficient (Wildman–Crippen LogP) is 1.22. The van der Waals surface area contributed by atoms with E-state index in [1.807, 2.05) is 13.0 Å². The lowest BCUT2D eigenvalue weighted by atomic mass is 9.90. The van der Waals surface area contributed by atoms with Gasteiger partial charge in [0, 0.05) is 31.9 Å². The molecule has 1 heterocycles. The van der Waals surface area contributed by atoms with Gasteiger partial charge in [-0.25, -0.2) is 4.98 Å². The molecule has 0 aliphatic heterocycles. The molecule has 1 aromatic rings. The zero-order valence-corrected chi connectivity index (χ0v) is 9.45. The van der Waals surface area contributed by atoms with Gasteiger partial charge in [-0.05, 0) is 25.5 Å². The van der Waals surface area contributed by atoms with Gasteiger partial charge in [0.2, 0.25) is 0 Å². The van der Waals surface area contributed by atoms with Crippen molar-refractivity contribution in [1.82, 2.24) is 4.98 Å². The van der Waals surface area contributed by atoms with Crippen LogP contribution in [0, 0.1) is 6.92 Å². The SMILES string of the molecule is COCCC(C)(O)c1c(C)ccnc1N. The summed E-state index contributed by atoms with van der Waals surface area (Å²) in [4.78, 5) is 3.99. The minimum absolute atomic E-state index is 0.385. The van der Waals surface area contributed by atoms with Crippen molar-refractivity contribution in [1.29, 1.82) is 0 Å². The van der Waals surface area contributed by atoms with E-state index in [9.17, 15) is 5.11 Å². The van der Waals surface area contributed by atoms with E-state index in [0.29, 0.717) is 24.4 Å². The van der Waals surface area contributed by atoms with Crippen LogP contribution in [0.2, 0.25) is 0 Å². The Bertz CT molecular complexity index is 317. The van der Waals surface area contributed by atoms with Crippen molar-refractivity contribution in [2.24, 2.45) is 0 Å². The highest BCUT2D eigenvalue weighted by atomic mass is 16.5. The Morgan fingerprint density at radius 3 is 2.80 bits per heavy atom. The summed E-state index contributed by atoms with van der Waals surface area (Å²) >= 11 is 0. The highest BCUT2D eigenvalue weighted by molar-refractivity contribution is 5.47. The summed E-state index contributed by atoms with van der Waals surface area (Å²) < 4.78 is 4.96. The van der Waals surface area contributed by atoms with E-state index >= 15 is 0 Å². The first-order valence-corrected chi connectivity index (χ1v) is 4.92. The predicted molar refractivity (Wildman–Crippen MR) is 59.5 cm³/mol. The van der Waals surface area contributed by atoms with Crippen LogP contribution in [0.1, 0.15) is 24.5 Å². The highest BCUT2D eigenvalue weighted by Crippen LogP contribution is 2.30. The third-order valence-corrected chi connectivity index (χ3v) is 2.52. The van der Waals surface area contributed by atoms with Gasteiger partial charge in [0.05, 0.1) is 5.60 Å². The molecule has 84 valence electrons. The molecule has 0 saturated heterocycles. The van der Waals surface area contributed by atoms with Crippen molar-refractivity contribution >= 4 is 5.82 Å². The summed E-state index contributed by atoms with van der Waals surface area (Å²) in [6.45, 7) is 4.13. The van der Waals surface area contributed by atoms with Gasteiger partial charge < -0.3 is 15.6 Å². The van der Waals surface area contributed by atoms with E-state index in [4.69, 9.17) is 10.5 Å². The zero-order valence-electron chi connectivity index (χ0n) is 9.45. The lowest BCUT2D eigenvalue weighted by Crippen LogP contribution is -2.26. The maximum absolute atomic E-state index is 10.3. The minimum Gasteiger partial charge on any atom is -0.385 e. The first-order valence-electron chi connectivity index (χ1n) is 4.92. The van der Waals surface area contributed by atoms with Gasteiger partial charge in [0.15, 0.2) is 0 Å². The Hall–Kier alpha value is -1.13. The van der Waals surface area contributed by atoms with Crippen LogP contribution in [0.15, 0.2) is 12.3 Å². The molecule has 0 aliphatic carbocycles. The lowest BCUT2D eigenvalue weighted by molar-refractivity contribution is 0.0210. The molecular weight excluding hydrogens is 192 g/mol. The molecule has 15 heavy (non-hydrogen) atoms. The number of ether oxygens (including phenoxy) is 1. The Labute approximate surface area is 90.1 Å². The Morgan fingerprint density at radius 1 is 1.60 bits per heavy atom. The summed E-state index contributed by atoms with van der Waals surface area (Å²) in [7, 11) is 1.61. The fourth-order valence-electron chi connectivity index (χ4n) is 1.71. The van der Waals surface area contributed by atoms with E-state index in [-0.39, 0.29) is 0 Å². The number of rotatable bonds is 4. The number of methoxy groups -OCH3 is 1. The molecule has 0 fully saturated rings. The molecule has 3 N–H and O–H groups in total. The number of anilines is 1. The van der Waals surface area contributed by atoms with Crippen LogP contribution < -0.4 is 5.73 Å². The number of nitrogens with two attached hydrogens (primary N) is 1. The third kappa shape index (κ3) is 2.67. The van der Waals surface area contributed by atoms with Gasteiger partial charge in [0.25, 0.3) is 0 Å². The zero-order chi connectivity index (χ0) is 11.5. The van der Waals surface area contributed by atoms with E-state index in [2.05, 4.69) is 4.98 Å². The van der Waals surface area contributed by atoms with Gasteiger partial charge in [-0.3, -0.25) is 0 Å². The van der Waals surface area contributed by atoms with Crippen molar-refractivity contribution in [3.8, 4) is 0 Å². The van der Waals surface area contributed by atoms with Gasteiger partial charge in [0.1, 0.15) is 5.82 Å². The molecule has 0 aromatic carbocycles. The van der Waals surface area contributed by atoms with Crippen LogP contribution in [0.3, 0.4) is 0 Å². The molecule has 4 heteroatoms. The van der Waals surface area contributed by atoms with Crippen LogP contribution >= 0.6 is 0 Å². The van der Waals surface area contributed by atoms with Crippen molar-refractivity contribution in [3.63, 3.8) is 0 Å². The fourth-order valence-corrected chi connectivity index (χ4v) is 1.71. The van der Waals surface area contributed by atoms with Crippen LogP contribution in [-0.2, 0) is 10.3 Å². The van der Waals surface area contributed by atoms with E-state index in [1.165, 1.54) is 0 Å². The molecule has 1 aromatic heterocycles. The standard InChI is InChI=1S/C11H18N2O2/c1-8-4-6-13-10(12)9(8)11(2,14)5-7-15-3/h4,6,14H,5,7H2,1-3H3,(H2,12,13). The molecule has 0 amide bonds. The normalized spacial score (nSPS) is 14.9. The largest absolute Gasteiger partial charge is 0.385 e. The Morgan fingerprint density at radius 2 is 2.27 bits per heavy atom. The number of aryl methyl sites for hydroxylation is 1. The molecule has 1 rings (SSSR count). The molecule has 0 bridgehead atoms. The number of nitrogens with zero attached hydrogens (tertiary/aromatic N) is 1. The second kappa shape index (κ2) is 4.59. The molecule has 0 aliphatic rings. The van der Waals surface area contributed by atoms with E-state index in [1.54, 1.807) is 20.2 Å². The molecule has 0 radical (unpaired) electrons. The van der Waals surface area contributed by atoms with Gasteiger partial charge in [-0.1, -0.05) is 0 Å². The molecule has 4 nitrogen and oxygen atoms in total. The molecular formula is C11H18N2O2. The average Bonchev–Trinajstić information content (AvgIpc) is 2.14. The van der Waals surface area contributed by atoms with Crippen LogP contribution in [-0.4, -0.2) is 23.8 Å². The lowest BCUT2D eigenvalue weighted by Gasteiger charge is -2.26. The van der Waals surface area contributed by atoms with Crippen molar-refractivity contribution in [3.05, 3.63) is 23.4 Å². The monoisotopic (exact) mass is 210 g/mol. The topological polar surface area (TPSA) is 68.4 Å². The summed E-state index contributed by atoms with van der Waals surface area (Å²) in [5.41, 5.74) is 6.42. The van der Waals surface area contributed by atoms with Gasteiger partial charge >= 0.3 is 0 Å². The number of pyridine rings is 1. The van der Waals surface area contributed by atoms with Gasteiger partial charge in [-0.15, -0.1) is 0 Å². The van der Waals surface area contributed by atoms with Crippen molar-refractivity contribution < 1.29 is 9.84 Å². The summed E-state index contributed by atoms with van der Waals surface area (Å²) in [6.07, 6.45) is 2.14. The van der Waals surface area contributed by atoms with Crippen LogP contribution in [0.25, 0.3) is 0 Å². The number of hydrogen-bond donors (Lipinski definition) is 2. The van der Waals surface area contributed by atoms with E-state index in [0.717, 1.165) is 5.56 Å². The number of aliphatic hydroxyl groups is 1. The molecule has 0 saturated carbocycles. The van der Waals surface area contributed by atoms with E-state index < -0.39 is 5.60 Å². The van der Waals surface area contributed by atoms with Crippen molar-refractivity contribution in [2.45, 2.75) is 25.9 Å². The maximum atomic E-state index is 10.3. The number of aromatic nitrogens is 1. The second-order valence-corrected chi connectivity index (χ2v) is 3.90. The first-order chi connectivity index (χ1) is 6.99. The van der Waals surface area contributed by atoms with Crippen LogP contribution in [0.4, 0.5) is 5.82 Å². The van der Waals surface area contributed by atoms with Gasteiger partial charge in [-0.2, -0.15) is 0 Å². The Balaban J connectivity index is 3.03. The Kier molecular flexibility index (Phi) is 3.66. The third-order valence-electron chi connectivity index (χ3n) is 2.52. The van der Waals surface area contributed by atoms with Crippen LogP contribution in [0.5, 0.6) is 0 Å². The number of hydrogen-bond acceptors (Lipinski definition) is 4. The average molecular weight is 210 g/mol. The highest BCUT2D eigenvalue weighted by Gasteiger charge is 2.27. The summed E-state index contributed by atoms with van der Waals surface area (Å²) in [6, 6.07) is 1.84.